The van der Waals surface area contributed by atoms with Crippen LogP contribution in [0.1, 0.15) is 0 Å². The van der Waals surface area contributed by atoms with Crippen molar-refractivity contribution in [3.8, 4) is 0 Å². The van der Waals surface area contributed by atoms with E-state index in [9.17, 15) is 30.6 Å². The second-order valence-corrected chi connectivity index (χ2v) is 5.80. The lowest BCUT2D eigenvalue weighted by Gasteiger charge is -2.48. The van der Waals surface area contributed by atoms with E-state index in [1.165, 1.54) is 7.11 Å². The smallest absolute Gasteiger partial charge is 0.221 e. The molecule has 0 aliphatic carbocycles. The summed E-state index contributed by atoms with van der Waals surface area (Å²) in [4.78, 5) is 0. The summed E-state index contributed by atoms with van der Waals surface area (Å²) in [7, 11) is 1.18. The fourth-order valence-corrected chi connectivity index (χ4v) is 2.75. The normalized spacial score (nSPS) is 50.0. The zero-order valence-electron chi connectivity index (χ0n) is 13.0. The first kappa shape index (κ1) is 19.9. The Morgan fingerprint density at radius 2 is 1.67 bits per heavy atom. The third kappa shape index (κ3) is 3.43. The predicted octanol–water partition coefficient (Wildman–Crippen LogP) is -4.74. The Hall–Kier alpha value is -0.440. The molecule has 0 spiro atoms. The summed E-state index contributed by atoms with van der Waals surface area (Å²) in [5.41, 5.74) is 0. The van der Waals surface area contributed by atoms with E-state index in [2.05, 4.69) is 0 Å². The Balaban J connectivity index is 2.21. The first-order valence-corrected chi connectivity index (χ1v) is 7.43. The van der Waals surface area contributed by atoms with Gasteiger partial charge in [-0.3, -0.25) is 0 Å². The molecule has 0 aromatic carbocycles. The van der Waals surface area contributed by atoms with Crippen LogP contribution in [0.5, 0.6) is 0 Å². The molecule has 2 saturated heterocycles. The van der Waals surface area contributed by atoms with Gasteiger partial charge in [0.1, 0.15) is 49.3 Å². The second-order valence-electron chi connectivity index (χ2n) is 5.80. The molecular weight excluding hydrogens is 332 g/mol. The molecule has 2 aliphatic heterocycles. The number of aliphatic hydroxyl groups is 7. The lowest BCUT2D eigenvalue weighted by molar-refractivity contribution is -0.391. The Morgan fingerprint density at radius 3 is 2.21 bits per heavy atom. The van der Waals surface area contributed by atoms with Gasteiger partial charge in [0.15, 0.2) is 6.29 Å². The van der Waals surface area contributed by atoms with Crippen LogP contribution < -0.4 is 0 Å². The lowest BCUT2D eigenvalue weighted by atomic mass is 9.95. The SMILES string of the molecule is CO[C@]1(CO)OC[C@H](O)[C@H](O)[C@H]1O[C@@H]1O[C@H](CO)[C@H](O)[C@H](O)[C@H]1O. The van der Waals surface area contributed by atoms with Crippen molar-refractivity contribution in [2.75, 3.05) is 26.9 Å². The Kier molecular flexibility index (Phi) is 6.50. The van der Waals surface area contributed by atoms with E-state index >= 15 is 0 Å². The van der Waals surface area contributed by atoms with Gasteiger partial charge in [0.05, 0.1) is 13.2 Å². The van der Waals surface area contributed by atoms with Crippen LogP contribution in [0.15, 0.2) is 0 Å². The largest absolute Gasteiger partial charge is 0.394 e. The minimum atomic E-state index is -1.84. The van der Waals surface area contributed by atoms with Gasteiger partial charge in [-0.05, 0) is 0 Å². The molecule has 7 N–H and O–H groups in total. The Bertz CT molecular complexity index is 401. The predicted molar refractivity (Wildman–Crippen MR) is 73.4 cm³/mol. The number of methoxy groups -OCH3 is 1. The van der Waals surface area contributed by atoms with Gasteiger partial charge in [-0.2, -0.15) is 0 Å². The van der Waals surface area contributed by atoms with Crippen molar-refractivity contribution in [3.05, 3.63) is 0 Å². The second kappa shape index (κ2) is 7.85. The molecule has 24 heavy (non-hydrogen) atoms. The Morgan fingerprint density at radius 1 is 1.00 bits per heavy atom. The lowest BCUT2D eigenvalue weighted by Crippen LogP contribution is -2.67. The molecule has 11 nitrogen and oxygen atoms in total. The van der Waals surface area contributed by atoms with Gasteiger partial charge in [-0.25, -0.2) is 0 Å². The van der Waals surface area contributed by atoms with Gasteiger partial charge < -0.3 is 54.7 Å². The summed E-state index contributed by atoms with van der Waals surface area (Å²) >= 11 is 0. The highest BCUT2D eigenvalue weighted by Crippen LogP contribution is 2.32. The van der Waals surface area contributed by atoms with E-state index < -0.39 is 68.0 Å². The summed E-state index contributed by atoms with van der Waals surface area (Å²) in [6.45, 7) is -1.73. The van der Waals surface area contributed by atoms with Crippen molar-refractivity contribution in [1.82, 2.24) is 0 Å². The monoisotopic (exact) mass is 356 g/mol. The highest BCUT2D eigenvalue weighted by atomic mass is 16.8. The van der Waals surface area contributed by atoms with Crippen molar-refractivity contribution >= 4 is 0 Å². The topological polar surface area (TPSA) is 179 Å². The van der Waals surface area contributed by atoms with Crippen LogP contribution >= 0.6 is 0 Å². The van der Waals surface area contributed by atoms with E-state index in [4.69, 9.17) is 24.1 Å². The van der Waals surface area contributed by atoms with E-state index in [1.54, 1.807) is 0 Å². The van der Waals surface area contributed by atoms with Crippen LogP contribution in [0.3, 0.4) is 0 Å². The third-order valence-electron chi connectivity index (χ3n) is 4.33. The Labute approximate surface area is 137 Å². The molecule has 9 atom stereocenters. The van der Waals surface area contributed by atoms with Crippen molar-refractivity contribution in [2.24, 2.45) is 0 Å². The summed E-state index contributed by atoms with van der Waals surface area (Å²) in [6.07, 6.45) is -12.2. The summed E-state index contributed by atoms with van der Waals surface area (Å²) < 4.78 is 20.9. The van der Waals surface area contributed by atoms with Gasteiger partial charge in [0.25, 0.3) is 0 Å². The molecule has 0 unspecified atom stereocenters. The van der Waals surface area contributed by atoms with Crippen LogP contribution in [0.2, 0.25) is 0 Å². The number of ether oxygens (including phenoxy) is 4. The van der Waals surface area contributed by atoms with Crippen molar-refractivity contribution in [2.45, 2.75) is 54.8 Å². The standard InChI is InChI=1S/C13H24O11/c1-21-13(4-15)11(7(17)5(16)3-22-13)24-12-10(20)9(19)8(18)6(2-14)23-12/h5-12,14-20H,2-4H2,1H3/t5-,6+,7-,8-,9-,10+,11+,12-,13+/m0/s1. The van der Waals surface area contributed by atoms with Crippen LogP contribution in [0.25, 0.3) is 0 Å². The van der Waals surface area contributed by atoms with Gasteiger partial charge in [-0.1, -0.05) is 0 Å². The maximum absolute atomic E-state index is 10.1. The van der Waals surface area contributed by atoms with Crippen molar-refractivity contribution in [3.63, 3.8) is 0 Å². The molecular formula is C13H24O11. The molecule has 0 aromatic rings. The molecule has 142 valence electrons. The van der Waals surface area contributed by atoms with Crippen LogP contribution in [0.4, 0.5) is 0 Å². The van der Waals surface area contributed by atoms with E-state index in [0.717, 1.165) is 0 Å². The van der Waals surface area contributed by atoms with Gasteiger partial charge in [-0.15, -0.1) is 0 Å². The molecule has 11 heteroatoms. The molecule has 2 heterocycles. The number of rotatable bonds is 5. The number of hydrogen-bond acceptors (Lipinski definition) is 11. The fraction of sp³-hybridized carbons (Fsp3) is 1.00. The molecule has 0 radical (unpaired) electrons. The average Bonchev–Trinajstić information content (AvgIpc) is 2.59. The minimum absolute atomic E-state index is 0.329. The zero-order chi connectivity index (χ0) is 18.1. The highest BCUT2D eigenvalue weighted by molar-refractivity contribution is 4.96. The van der Waals surface area contributed by atoms with Gasteiger partial charge in [0.2, 0.25) is 5.79 Å². The van der Waals surface area contributed by atoms with E-state index in [0.29, 0.717) is 0 Å². The zero-order valence-corrected chi connectivity index (χ0v) is 13.0. The molecule has 2 aliphatic rings. The minimum Gasteiger partial charge on any atom is -0.394 e. The molecule has 0 aromatic heterocycles. The average molecular weight is 356 g/mol. The maximum atomic E-state index is 10.1. The van der Waals surface area contributed by atoms with E-state index in [1.807, 2.05) is 0 Å². The van der Waals surface area contributed by atoms with Gasteiger partial charge >= 0.3 is 0 Å². The molecule has 2 rings (SSSR count). The maximum Gasteiger partial charge on any atom is 0.221 e. The number of hydrogen-bond donors (Lipinski definition) is 7. The third-order valence-corrected chi connectivity index (χ3v) is 4.33. The molecule has 2 fully saturated rings. The molecule has 0 bridgehead atoms. The summed E-state index contributed by atoms with van der Waals surface area (Å²) in [6, 6.07) is 0. The van der Waals surface area contributed by atoms with Crippen LogP contribution in [-0.2, 0) is 18.9 Å². The molecule has 0 amide bonds. The quantitative estimate of drug-likeness (QED) is 0.251. The first-order valence-electron chi connectivity index (χ1n) is 7.43. The summed E-state index contributed by atoms with van der Waals surface area (Å²) in [5, 5.41) is 68.1. The van der Waals surface area contributed by atoms with Crippen molar-refractivity contribution in [1.29, 1.82) is 0 Å². The first-order chi connectivity index (χ1) is 11.3. The van der Waals surface area contributed by atoms with Gasteiger partial charge in [0, 0.05) is 7.11 Å². The fourth-order valence-electron chi connectivity index (χ4n) is 2.75. The summed E-state index contributed by atoms with van der Waals surface area (Å²) in [5.74, 6) is -1.84. The van der Waals surface area contributed by atoms with E-state index in [-0.39, 0.29) is 6.61 Å². The molecule has 0 saturated carbocycles. The number of aliphatic hydroxyl groups excluding tert-OH is 7. The highest BCUT2D eigenvalue weighted by Gasteiger charge is 2.55. The van der Waals surface area contributed by atoms with Crippen LogP contribution in [-0.4, -0.2) is 117 Å². The van der Waals surface area contributed by atoms with Crippen molar-refractivity contribution < 1.29 is 54.7 Å². The van der Waals surface area contributed by atoms with Crippen LogP contribution in [0, 0.1) is 0 Å².